The van der Waals surface area contributed by atoms with Gasteiger partial charge in [-0.15, -0.1) is 0 Å². The van der Waals surface area contributed by atoms with E-state index in [1.165, 1.54) is 10.4 Å². The summed E-state index contributed by atoms with van der Waals surface area (Å²) in [6, 6.07) is 4.83. The Balaban J connectivity index is 2.21. The highest BCUT2D eigenvalue weighted by Crippen LogP contribution is 2.28. The average Bonchev–Trinajstić information content (AvgIpc) is 2.91. The zero-order chi connectivity index (χ0) is 16.3. The van der Waals surface area contributed by atoms with Gasteiger partial charge < -0.3 is 10.1 Å². The molecule has 0 saturated carbocycles. The second-order valence-corrected chi connectivity index (χ2v) is 7.46. The fourth-order valence-corrected chi connectivity index (χ4v) is 3.82. The predicted molar refractivity (Wildman–Crippen MR) is 83.4 cm³/mol. The van der Waals surface area contributed by atoms with Crippen LogP contribution >= 0.6 is 0 Å². The Morgan fingerprint density at radius 1 is 1.41 bits per heavy atom. The zero-order valence-corrected chi connectivity index (χ0v) is 13.9. The van der Waals surface area contributed by atoms with Gasteiger partial charge in [-0.1, -0.05) is 6.92 Å². The lowest BCUT2D eigenvalue weighted by Gasteiger charge is -2.21. The van der Waals surface area contributed by atoms with E-state index in [2.05, 4.69) is 5.32 Å². The van der Waals surface area contributed by atoms with Crippen LogP contribution in [0.1, 0.15) is 26.3 Å². The summed E-state index contributed by atoms with van der Waals surface area (Å²) >= 11 is 0. The summed E-state index contributed by atoms with van der Waals surface area (Å²) in [5.41, 5.74) is 0.892. The molecule has 1 heterocycles. The smallest absolute Gasteiger partial charge is 0.243 e. The molecule has 22 heavy (non-hydrogen) atoms. The standard InChI is InChI=1S/C15H22N2O4S/c1-4-17(10-15(18)16-11(2)3)22(19,20)13-5-6-14-12(9-13)7-8-21-14/h5-6,9,11H,4,7-8,10H2,1-3H3,(H,16,18). The molecule has 1 aliphatic heterocycles. The van der Waals surface area contributed by atoms with Crippen LogP contribution in [-0.2, 0) is 21.2 Å². The maximum Gasteiger partial charge on any atom is 0.243 e. The van der Waals surface area contributed by atoms with Gasteiger partial charge in [0.25, 0.3) is 0 Å². The fraction of sp³-hybridized carbons (Fsp3) is 0.533. The first-order chi connectivity index (χ1) is 10.3. The molecule has 0 atom stereocenters. The first kappa shape index (κ1) is 16.8. The van der Waals surface area contributed by atoms with Crippen molar-refractivity contribution in [2.75, 3.05) is 19.7 Å². The van der Waals surface area contributed by atoms with Crippen LogP contribution in [0.3, 0.4) is 0 Å². The zero-order valence-electron chi connectivity index (χ0n) is 13.1. The topological polar surface area (TPSA) is 75.7 Å². The number of carbonyl (C=O) groups excluding carboxylic acids is 1. The van der Waals surface area contributed by atoms with Crippen molar-refractivity contribution in [3.05, 3.63) is 23.8 Å². The van der Waals surface area contributed by atoms with Crippen molar-refractivity contribution in [1.29, 1.82) is 0 Å². The molecule has 0 bridgehead atoms. The summed E-state index contributed by atoms with van der Waals surface area (Å²) in [4.78, 5) is 12.1. The highest BCUT2D eigenvalue weighted by atomic mass is 32.2. The van der Waals surface area contributed by atoms with Gasteiger partial charge in [-0.3, -0.25) is 4.79 Å². The number of benzene rings is 1. The minimum absolute atomic E-state index is 0.0222. The van der Waals surface area contributed by atoms with Crippen LogP contribution in [0.2, 0.25) is 0 Å². The second-order valence-electron chi connectivity index (χ2n) is 5.52. The molecule has 0 radical (unpaired) electrons. The molecule has 1 aromatic carbocycles. The number of carbonyl (C=O) groups is 1. The van der Waals surface area contributed by atoms with Gasteiger partial charge in [0, 0.05) is 19.0 Å². The first-order valence-corrected chi connectivity index (χ1v) is 8.84. The molecule has 0 aliphatic carbocycles. The third-order valence-corrected chi connectivity index (χ3v) is 5.34. The molecular formula is C15H22N2O4S. The van der Waals surface area contributed by atoms with E-state index in [1.807, 2.05) is 13.8 Å². The number of likely N-dealkylation sites (N-methyl/N-ethyl adjacent to an activating group) is 1. The largest absolute Gasteiger partial charge is 0.493 e. The van der Waals surface area contributed by atoms with E-state index in [0.717, 1.165) is 11.3 Å². The van der Waals surface area contributed by atoms with Gasteiger partial charge in [0.2, 0.25) is 15.9 Å². The van der Waals surface area contributed by atoms with Crippen LogP contribution in [0.25, 0.3) is 0 Å². The molecule has 0 fully saturated rings. The quantitative estimate of drug-likeness (QED) is 0.851. The van der Waals surface area contributed by atoms with Crippen LogP contribution in [0, 0.1) is 0 Å². The Morgan fingerprint density at radius 2 is 2.14 bits per heavy atom. The summed E-state index contributed by atoms with van der Waals surface area (Å²) in [5.74, 6) is 0.435. The lowest BCUT2D eigenvalue weighted by molar-refractivity contribution is -0.121. The minimum Gasteiger partial charge on any atom is -0.493 e. The van der Waals surface area contributed by atoms with Crippen LogP contribution in [0.15, 0.2) is 23.1 Å². The number of fused-ring (bicyclic) bond motifs is 1. The second kappa shape index (κ2) is 6.66. The summed E-state index contributed by atoms with van der Waals surface area (Å²) in [6.45, 7) is 6.03. The van der Waals surface area contributed by atoms with E-state index in [1.54, 1.807) is 19.1 Å². The van der Waals surface area contributed by atoms with Crippen molar-refractivity contribution < 1.29 is 17.9 Å². The third-order valence-electron chi connectivity index (χ3n) is 3.42. The number of sulfonamides is 1. The Hall–Kier alpha value is -1.60. The molecule has 1 N–H and O–H groups in total. The molecular weight excluding hydrogens is 304 g/mol. The van der Waals surface area contributed by atoms with Gasteiger partial charge >= 0.3 is 0 Å². The molecule has 0 unspecified atom stereocenters. The van der Waals surface area contributed by atoms with Crippen LogP contribution in [0.4, 0.5) is 0 Å². The van der Waals surface area contributed by atoms with Crippen molar-refractivity contribution in [2.45, 2.75) is 38.1 Å². The third kappa shape index (κ3) is 3.59. The molecule has 0 aromatic heterocycles. The number of amides is 1. The van der Waals surface area contributed by atoms with E-state index in [9.17, 15) is 13.2 Å². The van der Waals surface area contributed by atoms with Crippen molar-refractivity contribution in [2.24, 2.45) is 0 Å². The molecule has 6 nitrogen and oxygen atoms in total. The van der Waals surface area contributed by atoms with Gasteiger partial charge in [0.15, 0.2) is 0 Å². The highest BCUT2D eigenvalue weighted by molar-refractivity contribution is 7.89. The lowest BCUT2D eigenvalue weighted by Crippen LogP contribution is -2.42. The van der Waals surface area contributed by atoms with Crippen molar-refractivity contribution in [3.8, 4) is 5.75 Å². The summed E-state index contributed by atoms with van der Waals surface area (Å²) in [5, 5.41) is 2.71. The normalized spacial score (nSPS) is 14.0. The number of hydrogen-bond acceptors (Lipinski definition) is 4. The fourth-order valence-electron chi connectivity index (χ4n) is 2.37. The molecule has 0 spiro atoms. The van der Waals surface area contributed by atoms with Crippen LogP contribution < -0.4 is 10.1 Å². The molecule has 7 heteroatoms. The maximum atomic E-state index is 12.7. The molecule has 122 valence electrons. The van der Waals surface area contributed by atoms with E-state index < -0.39 is 10.0 Å². The van der Waals surface area contributed by atoms with E-state index in [4.69, 9.17) is 4.74 Å². The number of nitrogens with zero attached hydrogens (tertiary/aromatic N) is 1. The molecule has 1 amide bonds. The Labute approximate surface area is 131 Å². The first-order valence-electron chi connectivity index (χ1n) is 7.40. The van der Waals surface area contributed by atoms with E-state index >= 15 is 0 Å². The highest BCUT2D eigenvalue weighted by Gasteiger charge is 2.27. The van der Waals surface area contributed by atoms with Gasteiger partial charge in [0.05, 0.1) is 18.0 Å². The number of rotatable bonds is 6. The van der Waals surface area contributed by atoms with Gasteiger partial charge in [-0.25, -0.2) is 8.42 Å². The summed E-state index contributed by atoms with van der Waals surface area (Å²) in [6.07, 6.45) is 0.707. The minimum atomic E-state index is -3.69. The predicted octanol–water partition coefficient (Wildman–Crippen LogP) is 1.16. The van der Waals surface area contributed by atoms with E-state index in [-0.39, 0.29) is 29.9 Å². The van der Waals surface area contributed by atoms with Gasteiger partial charge in [0.1, 0.15) is 5.75 Å². The Morgan fingerprint density at radius 3 is 2.77 bits per heavy atom. The molecule has 1 aromatic rings. The van der Waals surface area contributed by atoms with Gasteiger partial charge in [-0.2, -0.15) is 4.31 Å². The van der Waals surface area contributed by atoms with E-state index in [0.29, 0.717) is 13.0 Å². The Bertz CT molecular complexity index is 656. The van der Waals surface area contributed by atoms with Crippen LogP contribution in [-0.4, -0.2) is 44.4 Å². The van der Waals surface area contributed by atoms with Crippen LogP contribution in [0.5, 0.6) is 5.75 Å². The van der Waals surface area contributed by atoms with Crippen molar-refractivity contribution in [1.82, 2.24) is 9.62 Å². The molecule has 2 rings (SSSR count). The van der Waals surface area contributed by atoms with Crippen molar-refractivity contribution >= 4 is 15.9 Å². The summed E-state index contributed by atoms with van der Waals surface area (Å²) in [7, 11) is -3.69. The number of nitrogens with one attached hydrogen (secondary N) is 1. The lowest BCUT2D eigenvalue weighted by atomic mass is 10.2. The SMILES string of the molecule is CCN(CC(=O)NC(C)C)S(=O)(=O)c1ccc2c(c1)CCO2. The Kier molecular flexibility index (Phi) is 5.08. The molecule has 0 saturated heterocycles. The maximum absolute atomic E-state index is 12.7. The number of hydrogen-bond donors (Lipinski definition) is 1. The monoisotopic (exact) mass is 326 g/mol. The number of ether oxygens (including phenoxy) is 1. The van der Waals surface area contributed by atoms with Crippen molar-refractivity contribution in [3.63, 3.8) is 0 Å². The summed E-state index contributed by atoms with van der Waals surface area (Å²) < 4.78 is 32.0. The van der Waals surface area contributed by atoms with Gasteiger partial charge in [-0.05, 0) is 37.6 Å². The molecule has 1 aliphatic rings. The average molecular weight is 326 g/mol.